The van der Waals surface area contributed by atoms with Gasteiger partial charge in [-0.2, -0.15) is 0 Å². The fourth-order valence-corrected chi connectivity index (χ4v) is 4.16. The highest BCUT2D eigenvalue weighted by Crippen LogP contribution is 2.12. The van der Waals surface area contributed by atoms with Crippen molar-refractivity contribution in [2.75, 3.05) is 6.54 Å². The summed E-state index contributed by atoms with van der Waals surface area (Å²) >= 11 is 0. The molecule has 0 rings (SSSR count). The molecule has 0 aliphatic heterocycles. The number of rotatable bonds is 24. The minimum Gasteiger partial charge on any atom is -0.481 e. The van der Waals surface area contributed by atoms with Gasteiger partial charge in [-0.25, -0.2) is 0 Å². The maximum atomic E-state index is 12.6. The minimum absolute atomic E-state index is 0.0137. The number of aliphatic carboxylic acids is 1. The summed E-state index contributed by atoms with van der Waals surface area (Å²) in [7, 11) is 0. The quantitative estimate of drug-likeness (QED) is 0.132. The van der Waals surface area contributed by atoms with E-state index < -0.39 is 12.0 Å². The van der Waals surface area contributed by atoms with Gasteiger partial charge in [-0.05, 0) is 25.2 Å². The van der Waals surface area contributed by atoms with Crippen molar-refractivity contribution in [2.45, 2.75) is 149 Å². The molecule has 0 radical (unpaired) electrons. The second-order valence-electron chi connectivity index (χ2n) is 10.1. The van der Waals surface area contributed by atoms with Crippen molar-refractivity contribution in [2.24, 2.45) is 5.92 Å². The predicted octanol–water partition coefficient (Wildman–Crippen LogP) is 6.76. The van der Waals surface area contributed by atoms with Crippen molar-refractivity contribution < 1.29 is 19.5 Å². The van der Waals surface area contributed by atoms with Gasteiger partial charge < -0.3 is 15.7 Å². The van der Waals surface area contributed by atoms with Crippen LogP contribution in [0.15, 0.2) is 0 Å². The van der Waals surface area contributed by atoms with Crippen LogP contribution in [-0.4, -0.2) is 35.5 Å². The molecule has 0 fully saturated rings. The number of carboxylic acid groups (broad SMARTS) is 1. The molecule has 6 heteroatoms. The summed E-state index contributed by atoms with van der Waals surface area (Å²) in [4.78, 5) is 35.4. The number of hydrogen-bond donors (Lipinski definition) is 3. The topological polar surface area (TPSA) is 95.5 Å². The monoisotopic (exact) mass is 482 g/mol. The van der Waals surface area contributed by atoms with E-state index in [9.17, 15) is 14.4 Å². The summed E-state index contributed by atoms with van der Waals surface area (Å²) < 4.78 is 0. The highest BCUT2D eigenvalue weighted by molar-refractivity contribution is 5.87. The van der Waals surface area contributed by atoms with Gasteiger partial charge >= 0.3 is 5.97 Å². The fraction of sp³-hybridized carbons (Fsp3) is 0.893. The van der Waals surface area contributed by atoms with Gasteiger partial charge in [0.05, 0.1) is 0 Å². The molecule has 0 bridgehead atoms. The van der Waals surface area contributed by atoms with E-state index in [1.54, 1.807) is 0 Å². The molecule has 6 nitrogen and oxygen atoms in total. The van der Waals surface area contributed by atoms with Crippen LogP contribution in [0.2, 0.25) is 0 Å². The first-order chi connectivity index (χ1) is 16.4. The van der Waals surface area contributed by atoms with Gasteiger partial charge in [-0.15, -0.1) is 0 Å². The van der Waals surface area contributed by atoms with Gasteiger partial charge in [0.15, 0.2) is 0 Å². The maximum absolute atomic E-state index is 12.6. The standard InChI is InChI=1S/C28H54N2O4/c1-4-5-6-7-8-9-12-15-18-21-25(31)30-27(24(2)3)28(34)29-23-20-17-14-11-10-13-16-19-22-26(32)33/h24,27H,4-23H2,1-3H3,(H,29,34)(H,30,31)(H,32,33). The third kappa shape index (κ3) is 21.0. The Morgan fingerprint density at radius 1 is 0.647 bits per heavy atom. The summed E-state index contributed by atoms with van der Waals surface area (Å²) in [6, 6.07) is -0.461. The SMILES string of the molecule is CCCCCCCCCCCC(=O)NC(C(=O)NCCCCCCCCCCC(=O)O)C(C)C. The Morgan fingerprint density at radius 3 is 1.56 bits per heavy atom. The van der Waals surface area contributed by atoms with Crippen molar-refractivity contribution >= 4 is 17.8 Å². The zero-order chi connectivity index (χ0) is 25.4. The first-order valence-corrected chi connectivity index (χ1v) is 14.2. The van der Waals surface area contributed by atoms with Crippen LogP contribution >= 0.6 is 0 Å². The molecule has 0 saturated carbocycles. The maximum Gasteiger partial charge on any atom is 0.303 e. The average Bonchev–Trinajstić information content (AvgIpc) is 2.79. The number of amides is 2. The lowest BCUT2D eigenvalue weighted by Crippen LogP contribution is -2.49. The molecule has 1 unspecified atom stereocenters. The van der Waals surface area contributed by atoms with Crippen LogP contribution in [0.5, 0.6) is 0 Å². The Bertz CT molecular complexity index is 523. The average molecular weight is 483 g/mol. The van der Waals surface area contributed by atoms with E-state index in [1.807, 2.05) is 13.8 Å². The Morgan fingerprint density at radius 2 is 1.09 bits per heavy atom. The van der Waals surface area contributed by atoms with E-state index in [-0.39, 0.29) is 24.2 Å². The highest BCUT2D eigenvalue weighted by atomic mass is 16.4. The molecule has 3 N–H and O–H groups in total. The number of carbonyl (C=O) groups excluding carboxylic acids is 2. The van der Waals surface area contributed by atoms with Crippen molar-refractivity contribution in [1.29, 1.82) is 0 Å². The molecular formula is C28H54N2O4. The lowest BCUT2D eigenvalue weighted by Gasteiger charge is -2.21. The summed E-state index contributed by atoms with van der Waals surface area (Å²) in [5.41, 5.74) is 0. The van der Waals surface area contributed by atoms with Crippen LogP contribution < -0.4 is 10.6 Å². The molecule has 0 aromatic carbocycles. The second-order valence-corrected chi connectivity index (χ2v) is 10.1. The lowest BCUT2D eigenvalue weighted by atomic mass is 10.0. The van der Waals surface area contributed by atoms with E-state index in [2.05, 4.69) is 17.6 Å². The molecule has 34 heavy (non-hydrogen) atoms. The predicted molar refractivity (Wildman–Crippen MR) is 141 cm³/mol. The number of nitrogens with one attached hydrogen (secondary N) is 2. The molecule has 0 aromatic heterocycles. The van der Waals surface area contributed by atoms with Crippen LogP contribution in [0.3, 0.4) is 0 Å². The molecule has 0 aliphatic carbocycles. The van der Waals surface area contributed by atoms with Crippen LogP contribution in [0.4, 0.5) is 0 Å². The molecule has 0 spiro atoms. The van der Waals surface area contributed by atoms with Crippen molar-refractivity contribution in [3.05, 3.63) is 0 Å². The van der Waals surface area contributed by atoms with Crippen molar-refractivity contribution in [3.63, 3.8) is 0 Å². The van der Waals surface area contributed by atoms with Crippen LogP contribution in [0.1, 0.15) is 143 Å². The van der Waals surface area contributed by atoms with Crippen LogP contribution in [-0.2, 0) is 14.4 Å². The minimum atomic E-state index is -0.708. The summed E-state index contributed by atoms with van der Waals surface area (Å²) in [5, 5.41) is 14.6. The molecule has 0 aromatic rings. The third-order valence-corrected chi connectivity index (χ3v) is 6.39. The van der Waals surface area contributed by atoms with E-state index in [1.165, 1.54) is 44.9 Å². The number of hydrogen-bond acceptors (Lipinski definition) is 3. The van der Waals surface area contributed by atoms with Crippen LogP contribution in [0, 0.1) is 5.92 Å². The zero-order valence-corrected chi connectivity index (χ0v) is 22.5. The van der Waals surface area contributed by atoms with E-state index in [0.717, 1.165) is 64.2 Å². The normalized spacial score (nSPS) is 12.0. The summed E-state index contributed by atoms with van der Waals surface area (Å²) in [6.45, 7) is 6.83. The van der Waals surface area contributed by atoms with E-state index in [4.69, 9.17) is 5.11 Å². The Labute approximate surface area is 209 Å². The van der Waals surface area contributed by atoms with E-state index in [0.29, 0.717) is 13.0 Å². The second kappa shape index (κ2) is 23.2. The van der Waals surface area contributed by atoms with E-state index >= 15 is 0 Å². The van der Waals surface area contributed by atoms with Gasteiger partial charge in [0.25, 0.3) is 0 Å². The van der Waals surface area contributed by atoms with Crippen molar-refractivity contribution in [3.8, 4) is 0 Å². The third-order valence-electron chi connectivity index (χ3n) is 6.39. The van der Waals surface area contributed by atoms with Gasteiger partial charge in [-0.3, -0.25) is 14.4 Å². The highest BCUT2D eigenvalue weighted by Gasteiger charge is 2.23. The Balaban J connectivity index is 3.79. The summed E-state index contributed by atoms with van der Waals surface area (Å²) in [5.74, 6) is -0.734. The molecule has 0 aliphatic rings. The Kier molecular flexibility index (Phi) is 22.1. The van der Waals surface area contributed by atoms with Gasteiger partial charge in [0.2, 0.25) is 11.8 Å². The summed E-state index contributed by atoms with van der Waals surface area (Å²) in [6.07, 6.45) is 20.1. The Hall–Kier alpha value is -1.59. The van der Waals surface area contributed by atoms with Gasteiger partial charge in [0.1, 0.15) is 6.04 Å². The largest absolute Gasteiger partial charge is 0.481 e. The van der Waals surface area contributed by atoms with Crippen LogP contribution in [0.25, 0.3) is 0 Å². The number of carbonyl (C=O) groups is 3. The first kappa shape index (κ1) is 32.4. The number of carboxylic acids is 1. The van der Waals surface area contributed by atoms with Gasteiger partial charge in [0, 0.05) is 19.4 Å². The molecule has 200 valence electrons. The molecule has 1 atom stereocenters. The fourth-order valence-electron chi connectivity index (χ4n) is 4.16. The zero-order valence-electron chi connectivity index (χ0n) is 22.5. The number of unbranched alkanes of at least 4 members (excludes halogenated alkanes) is 15. The molecular weight excluding hydrogens is 428 g/mol. The molecule has 0 saturated heterocycles. The van der Waals surface area contributed by atoms with Crippen molar-refractivity contribution in [1.82, 2.24) is 10.6 Å². The molecule has 2 amide bonds. The molecule has 0 heterocycles. The lowest BCUT2D eigenvalue weighted by molar-refractivity contribution is -0.137. The van der Waals surface area contributed by atoms with Gasteiger partial charge in [-0.1, -0.05) is 111 Å². The smallest absolute Gasteiger partial charge is 0.303 e. The first-order valence-electron chi connectivity index (χ1n) is 14.2.